The number of aromatic nitrogens is 1. The number of carbonyl (C=O) groups excluding carboxylic acids is 2. The summed E-state index contributed by atoms with van der Waals surface area (Å²) in [4.78, 5) is 26.6. The van der Waals surface area contributed by atoms with Crippen LogP contribution < -0.4 is 10.2 Å². The molecule has 0 radical (unpaired) electrons. The molecule has 0 saturated heterocycles. The summed E-state index contributed by atoms with van der Waals surface area (Å²) in [7, 11) is 1.29. The van der Waals surface area contributed by atoms with Crippen molar-refractivity contribution in [1.82, 2.24) is 10.4 Å². The van der Waals surface area contributed by atoms with Crippen LogP contribution in [0.25, 0.3) is 0 Å². The third-order valence-corrected chi connectivity index (χ3v) is 2.76. The van der Waals surface area contributed by atoms with Gasteiger partial charge in [0.05, 0.1) is 13.3 Å². The molecule has 0 spiro atoms. The molecule has 0 unspecified atom stereocenters. The summed E-state index contributed by atoms with van der Waals surface area (Å²) < 4.78 is 9.76. The van der Waals surface area contributed by atoms with E-state index in [1.165, 1.54) is 25.7 Å². The van der Waals surface area contributed by atoms with Crippen LogP contribution >= 0.6 is 0 Å². The van der Waals surface area contributed by atoms with Crippen molar-refractivity contribution in [2.45, 2.75) is 0 Å². The monoisotopic (exact) mass is 313 g/mol. The number of carbonyl (C=O) groups is 2. The van der Waals surface area contributed by atoms with Gasteiger partial charge in [-0.15, -0.1) is 0 Å². The predicted molar refractivity (Wildman–Crippen MR) is 83.3 cm³/mol. The van der Waals surface area contributed by atoms with E-state index in [2.05, 4.69) is 20.2 Å². The van der Waals surface area contributed by atoms with E-state index in [1.54, 1.807) is 36.4 Å². The number of amides is 1. The molecule has 118 valence electrons. The molecule has 0 aliphatic rings. The molecule has 2 rings (SSSR count). The van der Waals surface area contributed by atoms with Gasteiger partial charge in [-0.2, -0.15) is 5.10 Å². The lowest BCUT2D eigenvalue weighted by molar-refractivity contribution is -0.142. The minimum absolute atomic E-state index is 0.171. The minimum atomic E-state index is -0.464. The number of hydrogen-bond acceptors (Lipinski definition) is 6. The fraction of sp³-hybridized carbons (Fsp3) is 0.125. The van der Waals surface area contributed by atoms with Gasteiger partial charge in [-0.25, -0.2) is 10.2 Å². The average molecular weight is 313 g/mol. The number of hydrogen-bond donors (Lipinski definition) is 1. The third kappa shape index (κ3) is 5.24. The summed E-state index contributed by atoms with van der Waals surface area (Å²) in [6.07, 6.45) is 4.53. The number of benzene rings is 1. The van der Waals surface area contributed by atoms with Gasteiger partial charge in [0, 0.05) is 18.0 Å². The first-order valence-electron chi connectivity index (χ1n) is 6.72. The van der Waals surface area contributed by atoms with E-state index in [0.29, 0.717) is 16.9 Å². The Bertz CT molecular complexity index is 701. The van der Waals surface area contributed by atoms with Gasteiger partial charge in [-0.3, -0.25) is 9.78 Å². The molecule has 0 fully saturated rings. The molecule has 0 aliphatic carbocycles. The van der Waals surface area contributed by atoms with E-state index in [0.717, 1.165) is 0 Å². The molecule has 0 bridgehead atoms. The Kier molecular flexibility index (Phi) is 5.81. The lowest BCUT2D eigenvalue weighted by Crippen LogP contribution is -2.17. The highest BCUT2D eigenvalue weighted by Gasteiger charge is 2.03. The Morgan fingerprint density at radius 2 is 2.04 bits per heavy atom. The van der Waals surface area contributed by atoms with Gasteiger partial charge in [-0.1, -0.05) is 12.1 Å². The van der Waals surface area contributed by atoms with Crippen LogP contribution in [0.5, 0.6) is 5.75 Å². The number of nitrogens with one attached hydrogen (secondary N) is 1. The standard InChI is InChI=1S/C16H15N3O4/c1-22-15(20)11-23-14-4-2-3-12(9-14)10-18-19-16(21)13-5-7-17-8-6-13/h2-10H,11H2,1H3,(H,19,21)/b18-10-. The minimum Gasteiger partial charge on any atom is -0.482 e. The highest BCUT2D eigenvalue weighted by Crippen LogP contribution is 2.12. The number of methoxy groups -OCH3 is 1. The zero-order valence-corrected chi connectivity index (χ0v) is 12.4. The van der Waals surface area contributed by atoms with Crippen LogP contribution in [0.1, 0.15) is 15.9 Å². The van der Waals surface area contributed by atoms with Gasteiger partial charge >= 0.3 is 5.97 Å². The number of hydrazone groups is 1. The number of pyridine rings is 1. The fourth-order valence-corrected chi connectivity index (χ4v) is 1.62. The molecule has 7 heteroatoms. The van der Waals surface area contributed by atoms with Gasteiger partial charge in [-0.05, 0) is 29.8 Å². The molecule has 23 heavy (non-hydrogen) atoms. The van der Waals surface area contributed by atoms with Crippen molar-refractivity contribution in [2.24, 2.45) is 5.10 Å². The largest absolute Gasteiger partial charge is 0.482 e. The van der Waals surface area contributed by atoms with Crippen molar-refractivity contribution in [3.63, 3.8) is 0 Å². The van der Waals surface area contributed by atoms with Crippen LogP contribution in [0, 0.1) is 0 Å². The van der Waals surface area contributed by atoms with Crippen LogP contribution in [0.4, 0.5) is 0 Å². The van der Waals surface area contributed by atoms with Crippen LogP contribution in [0.2, 0.25) is 0 Å². The Morgan fingerprint density at radius 3 is 2.78 bits per heavy atom. The lowest BCUT2D eigenvalue weighted by atomic mass is 10.2. The van der Waals surface area contributed by atoms with Gasteiger partial charge in [0.15, 0.2) is 6.61 Å². The quantitative estimate of drug-likeness (QED) is 0.494. The van der Waals surface area contributed by atoms with Crippen molar-refractivity contribution in [1.29, 1.82) is 0 Å². The van der Waals surface area contributed by atoms with Crippen LogP contribution in [0.3, 0.4) is 0 Å². The third-order valence-electron chi connectivity index (χ3n) is 2.76. The molecular weight excluding hydrogens is 298 g/mol. The summed E-state index contributed by atoms with van der Waals surface area (Å²) in [5, 5.41) is 3.88. The average Bonchev–Trinajstić information content (AvgIpc) is 2.60. The lowest BCUT2D eigenvalue weighted by Gasteiger charge is -2.05. The van der Waals surface area contributed by atoms with Crippen molar-refractivity contribution < 1.29 is 19.1 Å². The zero-order valence-electron chi connectivity index (χ0n) is 12.4. The molecule has 1 aromatic carbocycles. The maximum atomic E-state index is 11.8. The van der Waals surface area contributed by atoms with Gasteiger partial charge < -0.3 is 9.47 Å². The number of nitrogens with zero attached hydrogens (tertiary/aromatic N) is 2. The molecule has 0 aliphatic heterocycles. The number of esters is 1. The summed E-state index contributed by atoms with van der Waals surface area (Å²) in [5.41, 5.74) is 3.59. The van der Waals surface area contributed by atoms with E-state index >= 15 is 0 Å². The summed E-state index contributed by atoms with van der Waals surface area (Å²) in [5.74, 6) is -0.296. The Labute approximate surface area is 132 Å². The molecule has 1 heterocycles. The SMILES string of the molecule is COC(=O)COc1cccc(/C=N\NC(=O)c2ccncc2)c1. The van der Waals surface area contributed by atoms with Crippen LogP contribution in [-0.4, -0.2) is 36.8 Å². The van der Waals surface area contributed by atoms with Crippen molar-refractivity contribution in [2.75, 3.05) is 13.7 Å². The first kappa shape index (κ1) is 16.2. The Balaban J connectivity index is 1.92. The summed E-state index contributed by atoms with van der Waals surface area (Å²) >= 11 is 0. The zero-order chi connectivity index (χ0) is 16.5. The predicted octanol–water partition coefficient (Wildman–Crippen LogP) is 1.40. The maximum Gasteiger partial charge on any atom is 0.343 e. The highest BCUT2D eigenvalue weighted by molar-refractivity contribution is 5.94. The van der Waals surface area contributed by atoms with Gasteiger partial charge in [0.2, 0.25) is 0 Å². The second kappa shape index (κ2) is 8.28. The van der Waals surface area contributed by atoms with Crippen molar-refractivity contribution >= 4 is 18.1 Å². The van der Waals surface area contributed by atoms with E-state index < -0.39 is 5.97 Å². The van der Waals surface area contributed by atoms with E-state index in [9.17, 15) is 9.59 Å². The number of rotatable bonds is 6. The smallest absolute Gasteiger partial charge is 0.343 e. The Hall–Kier alpha value is -3.22. The summed E-state index contributed by atoms with van der Waals surface area (Å²) in [6.45, 7) is -0.171. The molecule has 1 amide bonds. The van der Waals surface area contributed by atoms with E-state index in [1.807, 2.05) is 0 Å². The molecule has 1 N–H and O–H groups in total. The molecule has 2 aromatic rings. The topological polar surface area (TPSA) is 89.9 Å². The van der Waals surface area contributed by atoms with Crippen molar-refractivity contribution in [3.05, 3.63) is 59.9 Å². The van der Waals surface area contributed by atoms with E-state index in [-0.39, 0.29) is 12.5 Å². The second-order valence-corrected chi connectivity index (χ2v) is 4.37. The Morgan fingerprint density at radius 1 is 1.26 bits per heavy atom. The maximum absolute atomic E-state index is 11.8. The fourth-order valence-electron chi connectivity index (χ4n) is 1.62. The normalized spacial score (nSPS) is 10.3. The van der Waals surface area contributed by atoms with Gasteiger partial charge in [0.1, 0.15) is 5.75 Å². The first-order valence-corrected chi connectivity index (χ1v) is 6.72. The first-order chi connectivity index (χ1) is 11.2. The van der Waals surface area contributed by atoms with Crippen LogP contribution in [0.15, 0.2) is 53.9 Å². The second-order valence-electron chi connectivity index (χ2n) is 4.37. The molecular formula is C16H15N3O4. The van der Waals surface area contributed by atoms with E-state index in [4.69, 9.17) is 4.74 Å². The van der Waals surface area contributed by atoms with Crippen LogP contribution in [-0.2, 0) is 9.53 Å². The van der Waals surface area contributed by atoms with Gasteiger partial charge in [0.25, 0.3) is 5.91 Å². The molecule has 0 atom stereocenters. The number of ether oxygens (including phenoxy) is 2. The summed E-state index contributed by atoms with van der Waals surface area (Å²) in [6, 6.07) is 10.1. The highest BCUT2D eigenvalue weighted by atomic mass is 16.6. The van der Waals surface area contributed by atoms with Crippen molar-refractivity contribution in [3.8, 4) is 5.75 Å². The molecule has 7 nitrogen and oxygen atoms in total. The molecule has 0 saturated carbocycles. The molecule has 1 aromatic heterocycles.